The first-order chi connectivity index (χ1) is 9.04. The number of nitrogens with one attached hydrogen (secondary N) is 1. The van der Waals surface area contributed by atoms with E-state index in [1.807, 2.05) is 0 Å². The van der Waals surface area contributed by atoms with Crippen LogP contribution in [-0.4, -0.2) is 26.3 Å². The number of hydrogen-bond donors (Lipinski definition) is 2. The maximum absolute atomic E-state index is 11.2. The molecule has 1 heterocycles. The fourth-order valence-electron chi connectivity index (χ4n) is 1.31. The summed E-state index contributed by atoms with van der Waals surface area (Å²) in [6, 6.07) is 6.90. The molecule has 1 aromatic heterocycles. The van der Waals surface area contributed by atoms with E-state index in [-0.39, 0.29) is 4.91 Å². The van der Waals surface area contributed by atoms with Gasteiger partial charge in [0.15, 0.2) is 0 Å². The number of aromatic amines is 1. The number of H-pyrrole nitrogens is 1. The number of hydrogen-bond acceptors (Lipinski definition) is 4. The van der Waals surface area contributed by atoms with Crippen LogP contribution in [0.15, 0.2) is 34.3 Å². The molecule has 0 fully saturated rings. The maximum Gasteiger partial charge on any atom is 0.342 e. The molecule has 0 radical (unpaired) electrons. The van der Waals surface area contributed by atoms with Crippen LogP contribution in [0.2, 0.25) is 5.02 Å². The lowest BCUT2D eigenvalue weighted by Crippen LogP contribution is -1.97. The first kappa shape index (κ1) is 13.6. The third-order valence-electron chi connectivity index (χ3n) is 2.16. The summed E-state index contributed by atoms with van der Waals surface area (Å²) in [6.07, 6.45) is 1.55. The van der Waals surface area contributed by atoms with Crippen LogP contribution in [0.5, 0.6) is 0 Å². The van der Waals surface area contributed by atoms with E-state index in [1.54, 1.807) is 37.3 Å². The van der Waals surface area contributed by atoms with Gasteiger partial charge in [-0.25, -0.2) is 9.78 Å². The highest BCUT2D eigenvalue weighted by Crippen LogP contribution is 2.25. The Kier molecular flexibility index (Phi) is 4.24. The summed E-state index contributed by atoms with van der Waals surface area (Å²) in [4.78, 5) is 15.4. The molecule has 0 atom stereocenters. The molecule has 98 valence electrons. The minimum absolute atomic E-state index is 0.140. The zero-order chi connectivity index (χ0) is 13.8. The Bertz CT molecular complexity index is 622. The Labute approximate surface area is 118 Å². The first-order valence-electron chi connectivity index (χ1n) is 5.32. The van der Waals surface area contributed by atoms with Crippen molar-refractivity contribution in [3.63, 3.8) is 0 Å². The maximum atomic E-state index is 11.2. The second-order valence-corrected chi connectivity index (χ2v) is 5.12. The molecule has 0 unspecified atom stereocenters. The van der Waals surface area contributed by atoms with Crippen LogP contribution in [0.25, 0.3) is 6.08 Å². The summed E-state index contributed by atoms with van der Waals surface area (Å²) in [5, 5.41) is 16.7. The van der Waals surface area contributed by atoms with Gasteiger partial charge in [0.1, 0.15) is 10.7 Å². The van der Waals surface area contributed by atoms with Crippen LogP contribution < -0.4 is 0 Å². The van der Waals surface area contributed by atoms with Gasteiger partial charge in [-0.15, -0.1) is 5.10 Å². The van der Waals surface area contributed by atoms with E-state index in [4.69, 9.17) is 11.6 Å². The van der Waals surface area contributed by atoms with E-state index in [0.717, 1.165) is 17.3 Å². The number of thioether (sulfide) groups is 1. The van der Waals surface area contributed by atoms with Gasteiger partial charge in [0.2, 0.25) is 5.16 Å². The van der Waals surface area contributed by atoms with E-state index in [2.05, 4.69) is 15.2 Å². The lowest BCUT2D eigenvalue weighted by Gasteiger charge is -1.99. The van der Waals surface area contributed by atoms with Crippen molar-refractivity contribution in [2.75, 3.05) is 0 Å². The minimum Gasteiger partial charge on any atom is -0.477 e. The second kappa shape index (κ2) is 5.90. The van der Waals surface area contributed by atoms with E-state index in [0.29, 0.717) is 16.0 Å². The number of carboxylic acid groups (broad SMARTS) is 1. The standard InChI is InChI=1S/C12H10ClN3O2S/c1-7-14-12(16-15-7)19-10(11(17)18)6-8-2-4-9(13)5-3-8/h2-6H,1H3,(H,17,18)(H,14,15,16)/b10-6+. The van der Waals surface area contributed by atoms with Crippen molar-refractivity contribution in [2.24, 2.45) is 0 Å². The van der Waals surface area contributed by atoms with Crippen LogP contribution in [-0.2, 0) is 4.79 Å². The Hall–Kier alpha value is -1.79. The van der Waals surface area contributed by atoms with Gasteiger partial charge in [0.05, 0.1) is 0 Å². The molecular formula is C12H10ClN3O2S. The lowest BCUT2D eigenvalue weighted by molar-refractivity contribution is -0.131. The zero-order valence-corrected chi connectivity index (χ0v) is 11.5. The molecule has 2 N–H and O–H groups in total. The summed E-state index contributed by atoms with van der Waals surface area (Å²) >= 11 is 6.77. The molecule has 19 heavy (non-hydrogen) atoms. The largest absolute Gasteiger partial charge is 0.477 e. The second-order valence-electron chi connectivity index (χ2n) is 3.67. The van der Waals surface area contributed by atoms with Gasteiger partial charge in [-0.2, -0.15) is 0 Å². The van der Waals surface area contributed by atoms with Gasteiger partial charge in [0.25, 0.3) is 0 Å². The molecule has 0 spiro atoms. The summed E-state index contributed by atoms with van der Waals surface area (Å²) in [7, 11) is 0. The summed E-state index contributed by atoms with van der Waals surface area (Å²) in [6.45, 7) is 1.75. The number of halogens is 1. The highest BCUT2D eigenvalue weighted by atomic mass is 35.5. The van der Waals surface area contributed by atoms with E-state index >= 15 is 0 Å². The van der Waals surface area contributed by atoms with Crippen LogP contribution in [0.4, 0.5) is 0 Å². The predicted octanol–water partition coefficient (Wildman–Crippen LogP) is 2.98. The van der Waals surface area contributed by atoms with Gasteiger partial charge < -0.3 is 5.11 Å². The molecule has 5 nitrogen and oxygen atoms in total. The quantitative estimate of drug-likeness (QED) is 0.669. The third-order valence-corrected chi connectivity index (χ3v) is 3.29. The number of aliphatic carboxylic acids is 1. The number of carbonyl (C=O) groups is 1. The molecule has 0 aliphatic carbocycles. The van der Waals surface area contributed by atoms with Gasteiger partial charge >= 0.3 is 5.97 Å². The zero-order valence-electron chi connectivity index (χ0n) is 9.92. The molecule has 0 saturated carbocycles. The first-order valence-corrected chi connectivity index (χ1v) is 6.51. The van der Waals surface area contributed by atoms with Gasteiger partial charge in [-0.1, -0.05) is 23.7 Å². The fraction of sp³-hybridized carbons (Fsp3) is 0.0833. The minimum atomic E-state index is -1.03. The molecule has 0 bridgehead atoms. The number of nitrogens with zero attached hydrogens (tertiary/aromatic N) is 2. The topological polar surface area (TPSA) is 78.9 Å². The Morgan fingerprint density at radius 3 is 2.63 bits per heavy atom. The average Bonchev–Trinajstić information content (AvgIpc) is 2.76. The molecule has 1 aromatic carbocycles. The third kappa shape index (κ3) is 3.84. The lowest BCUT2D eigenvalue weighted by atomic mass is 10.2. The van der Waals surface area contributed by atoms with E-state index in [9.17, 15) is 9.90 Å². The average molecular weight is 296 g/mol. The molecular weight excluding hydrogens is 286 g/mol. The Morgan fingerprint density at radius 1 is 1.42 bits per heavy atom. The van der Waals surface area contributed by atoms with Crippen molar-refractivity contribution < 1.29 is 9.90 Å². The number of rotatable bonds is 4. The fourth-order valence-corrected chi connectivity index (χ4v) is 2.19. The summed E-state index contributed by atoms with van der Waals surface area (Å²) in [5.74, 6) is -0.388. The highest BCUT2D eigenvalue weighted by molar-refractivity contribution is 8.04. The number of aryl methyl sites for hydroxylation is 1. The van der Waals surface area contributed by atoms with E-state index < -0.39 is 5.97 Å². The van der Waals surface area contributed by atoms with Crippen LogP contribution in [0, 0.1) is 6.92 Å². The van der Waals surface area contributed by atoms with Gasteiger partial charge in [-0.05, 0) is 42.5 Å². The van der Waals surface area contributed by atoms with Gasteiger partial charge in [-0.3, -0.25) is 5.10 Å². The molecule has 0 amide bonds. The molecule has 7 heteroatoms. The van der Waals surface area contributed by atoms with Crippen molar-refractivity contribution in [3.8, 4) is 0 Å². The van der Waals surface area contributed by atoms with E-state index in [1.165, 1.54) is 0 Å². The number of aromatic nitrogens is 3. The van der Waals surface area contributed by atoms with Crippen molar-refractivity contribution in [3.05, 3.63) is 45.6 Å². The predicted molar refractivity (Wildman–Crippen MR) is 74.0 cm³/mol. The number of benzene rings is 1. The Balaban J connectivity index is 2.24. The van der Waals surface area contributed by atoms with Crippen LogP contribution in [0.3, 0.4) is 0 Å². The smallest absolute Gasteiger partial charge is 0.342 e. The molecule has 0 aliphatic rings. The monoisotopic (exact) mass is 295 g/mol. The Morgan fingerprint density at radius 2 is 2.11 bits per heavy atom. The molecule has 2 rings (SSSR count). The molecule has 0 aliphatic heterocycles. The summed E-state index contributed by atoms with van der Waals surface area (Å²) < 4.78 is 0. The van der Waals surface area contributed by atoms with Crippen LogP contribution >= 0.6 is 23.4 Å². The van der Waals surface area contributed by atoms with Gasteiger partial charge in [0, 0.05) is 5.02 Å². The van der Waals surface area contributed by atoms with Crippen molar-refractivity contribution in [2.45, 2.75) is 12.1 Å². The normalized spacial score (nSPS) is 11.6. The summed E-state index contributed by atoms with van der Waals surface area (Å²) in [5.41, 5.74) is 0.751. The highest BCUT2D eigenvalue weighted by Gasteiger charge is 2.12. The van der Waals surface area contributed by atoms with Crippen molar-refractivity contribution in [1.82, 2.24) is 15.2 Å². The SMILES string of the molecule is Cc1nc(S/C(=C/c2ccc(Cl)cc2)C(=O)O)n[nH]1. The number of carboxylic acids is 1. The van der Waals surface area contributed by atoms with Crippen molar-refractivity contribution >= 4 is 35.4 Å². The molecule has 0 saturated heterocycles. The van der Waals surface area contributed by atoms with Crippen LogP contribution in [0.1, 0.15) is 11.4 Å². The van der Waals surface area contributed by atoms with Crippen molar-refractivity contribution in [1.29, 1.82) is 0 Å². The molecule has 2 aromatic rings.